The zero-order valence-electron chi connectivity index (χ0n) is 26.2. The van der Waals surface area contributed by atoms with Crippen LogP contribution in [0, 0.1) is 0 Å². The van der Waals surface area contributed by atoms with Gasteiger partial charge in [0, 0.05) is 35.9 Å². The molecule has 0 saturated carbocycles. The molecule has 2 heterocycles. The van der Waals surface area contributed by atoms with E-state index in [2.05, 4.69) is 156 Å². The molecule has 0 aliphatic rings. The predicted octanol–water partition coefficient (Wildman–Crippen LogP) is 12.3. The molecule has 48 heavy (non-hydrogen) atoms. The number of hydrogen-bond donors (Lipinski definition) is 0. The monoisotopic (exact) mass is 610 g/mol. The highest BCUT2D eigenvalue weighted by atomic mass is 14.6. The minimum Gasteiger partial charge on any atom is -0.264 e. The van der Waals surface area contributed by atoms with E-state index in [-0.39, 0.29) is 0 Å². The van der Waals surface area contributed by atoms with E-state index < -0.39 is 0 Å². The van der Waals surface area contributed by atoms with Crippen LogP contribution in [0.1, 0.15) is 0 Å². The Morgan fingerprint density at radius 3 is 1.27 bits per heavy atom. The quantitative estimate of drug-likeness (QED) is 0.181. The maximum Gasteiger partial charge on any atom is 0.0346 e. The molecule has 9 rings (SSSR count). The third kappa shape index (κ3) is 4.92. The van der Waals surface area contributed by atoms with Crippen LogP contribution in [0.4, 0.5) is 0 Å². The van der Waals surface area contributed by atoms with Crippen LogP contribution in [-0.4, -0.2) is 9.97 Å². The zero-order chi connectivity index (χ0) is 31.9. The molecule has 2 aromatic heterocycles. The van der Waals surface area contributed by atoms with Crippen LogP contribution in [0.15, 0.2) is 183 Å². The lowest BCUT2D eigenvalue weighted by molar-refractivity contribution is 1.32. The van der Waals surface area contributed by atoms with E-state index in [1.165, 1.54) is 60.1 Å². The van der Waals surface area contributed by atoms with Gasteiger partial charge in [0.1, 0.15) is 0 Å². The summed E-state index contributed by atoms with van der Waals surface area (Å²) in [5, 5.41) is 7.73. The van der Waals surface area contributed by atoms with Gasteiger partial charge in [0.05, 0.1) is 0 Å². The number of nitrogens with zero attached hydrogens (tertiary/aromatic N) is 2. The van der Waals surface area contributed by atoms with Crippen molar-refractivity contribution < 1.29 is 0 Å². The van der Waals surface area contributed by atoms with E-state index >= 15 is 0 Å². The Kier molecular flexibility index (Phi) is 6.84. The second kappa shape index (κ2) is 11.8. The van der Waals surface area contributed by atoms with Gasteiger partial charge in [-0.15, -0.1) is 0 Å². The summed E-state index contributed by atoms with van der Waals surface area (Å²) in [6, 6.07) is 57.1. The summed E-state index contributed by atoms with van der Waals surface area (Å²) in [6.45, 7) is 0. The Morgan fingerprint density at radius 1 is 0.250 bits per heavy atom. The first-order valence-corrected chi connectivity index (χ1v) is 16.3. The number of rotatable bonds is 5. The van der Waals surface area contributed by atoms with Gasteiger partial charge in [-0.05, 0) is 119 Å². The topological polar surface area (TPSA) is 25.8 Å². The molecule has 0 aliphatic carbocycles. The molecule has 2 nitrogen and oxygen atoms in total. The summed E-state index contributed by atoms with van der Waals surface area (Å²) < 4.78 is 0. The van der Waals surface area contributed by atoms with Crippen molar-refractivity contribution in [1.82, 2.24) is 9.97 Å². The van der Waals surface area contributed by atoms with Gasteiger partial charge < -0.3 is 0 Å². The summed E-state index contributed by atoms with van der Waals surface area (Å²) in [5.74, 6) is 0. The lowest BCUT2D eigenvalue weighted by Crippen LogP contribution is -1.90. The lowest BCUT2D eigenvalue weighted by atomic mass is 9.89. The van der Waals surface area contributed by atoms with Crippen LogP contribution < -0.4 is 0 Å². The Morgan fingerprint density at radius 2 is 0.688 bits per heavy atom. The fourth-order valence-corrected chi connectivity index (χ4v) is 7.12. The summed E-state index contributed by atoms with van der Waals surface area (Å²) >= 11 is 0. The number of fused-ring (bicyclic) bond motifs is 6. The van der Waals surface area contributed by atoms with Crippen molar-refractivity contribution in [2.75, 3.05) is 0 Å². The molecule has 0 fully saturated rings. The number of hydrogen-bond acceptors (Lipinski definition) is 2. The minimum atomic E-state index is 1.08. The molecule has 0 spiro atoms. The summed E-state index contributed by atoms with van der Waals surface area (Å²) in [4.78, 5) is 8.82. The Bertz CT molecular complexity index is 2510. The molecule has 224 valence electrons. The van der Waals surface area contributed by atoms with Crippen LogP contribution in [0.3, 0.4) is 0 Å². The van der Waals surface area contributed by atoms with E-state index in [1.807, 2.05) is 36.9 Å². The number of pyridine rings is 2. The van der Waals surface area contributed by atoms with Gasteiger partial charge >= 0.3 is 0 Å². The maximum absolute atomic E-state index is 4.41. The predicted molar refractivity (Wildman–Crippen MR) is 202 cm³/mol. The van der Waals surface area contributed by atoms with Crippen LogP contribution in [0.5, 0.6) is 0 Å². The van der Waals surface area contributed by atoms with Gasteiger partial charge in [-0.25, -0.2) is 0 Å². The molecule has 0 unspecified atom stereocenters. The summed E-state index contributed by atoms with van der Waals surface area (Å²) in [6.07, 6.45) is 7.49. The van der Waals surface area contributed by atoms with Gasteiger partial charge in [0.2, 0.25) is 0 Å². The number of aromatic nitrogens is 2. The average molecular weight is 611 g/mol. The largest absolute Gasteiger partial charge is 0.264 e. The van der Waals surface area contributed by atoms with Gasteiger partial charge in [-0.3, -0.25) is 9.97 Å². The van der Waals surface area contributed by atoms with Crippen molar-refractivity contribution in [2.45, 2.75) is 0 Å². The molecule has 0 amide bonds. The van der Waals surface area contributed by atoms with Gasteiger partial charge in [0.25, 0.3) is 0 Å². The fraction of sp³-hybridized carbons (Fsp3) is 0. The Labute approximate surface area is 279 Å². The van der Waals surface area contributed by atoms with Crippen LogP contribution in [0.25, 0.3) is 88.0 Å². The van der Waals surface area contributed by atoms with E-state index in [0.717, 1.165) is 27.8 Å². The third-order valence-corrected chi connectivity index (χ3v) is 9.41. The zero-order valence-corrected chi connectivity index (χ0v) is 26.2. The van der Waals surface area contributed by atoms with E-state index in [4.69, 9.17) is 0 Å². The lowest BCUT2D eigenvalue weighted by Gasteiger charge is -2.15. The van der Waals surface area contributed by atoms with Crippen molar-refractivity contribution in [3.05, 3.63) is 183 Å². The molecule has 9 aromatic rings. The molecule has 0 N–H and O–H groups in total. The summed E-state index contributed by atoms with van der Waals surface area (Å²) in [7, 11) is 0. The first kappa shape index (κ1) is 27.9. The smallest absolute Gasteiger partial charge is 0.0346 e. The molecule has 0 atom stereocenters. The van der Waals surface area contributed by atoms with Crippen molar-refractivity contribution in [1.29, 1.82) is 0 Å². The first-order valence-electron chi connectivity index (χ1n) is 16.3. The highest BCUT2D eigenvalue weighted by Crippen LogP contribution is 2.40. The van der Waals surface area contributed by atoms with Crippen LogP contribution in [-0.2, 0) is 0 Å². The van der Waals surface area contributed by atoms with Crippen molar-refractivity contribution >= 4 is 32.3 Å². The van der Waals surface area contributed by atoms with Gasteiger partial charge in [-0.1, -0.05) is 115 Å². The molecule has 2 heteroatoms. The standard InChI is InChI=1S/C46H30N2/c1-2-15-40(38-26-36(34-12-8-22-47-29-34)25-37(27-38)35-13-9-23-48-30-35)39(14-1)33-11-7-10-31(24-33)32-20-21-45-43-18-4-3-16-41(43)42-17-5-6-19-44(42)46(45)28-32/h1-30H. The highest BCUT2D eigenvalue weighted by molar-refractivity contribution is 6.25. The Hall–Kier alpha value is -6.38. The molecule has 0 radical (unpaired) electrons. The fourth-order valence-electron chi connectivity index (χ4n) is 7.12. The normalized spacial score (nSPS) is 11.3. The SMILES string of the molecule is c1cncc(-c2cc(-c3cccnc3)cc(-c3ccccc3-c3cccc(-c4ccc5c6ccccc6c6ccccc6c5c4)c3)c2)c1. The van der Waals surface area contributed by atoms with Crippen LogP contribution in [0.2, 0.25) is 0 Å². The summed E-state index contributed by atoms with van der Waals surface area (Å²) in [5.41, 5.74) is 11.5. The molecular weight excluding hydrogens is 581 g/mol. The molecule has 0 aliphatic heterocycles. The molecular formula is C46H30N2. The van der Waals surface area contributed by atoms with E-state index in [1.54, 1.807) is 0 Å². The van der Waals surface area contributed by atoms with Crippen molar-refractivity contribution in [3.8, 4) is 55.6 Å². The minimum absolute atomic E-state index is 1.08. The molecule has 0 bridgehead atoms. The van der Waals surface area contributed by atoms with Gasteiger partial charge in [-0.2, -0.15) is 0 Å². The van der Waals surface area contributed by atoms with Gasteiger partial charge in [0.15, 0.2) is 0 Å². The maximum atomic E-state index is 4.41. The average Bonchev–Trinajstić information content (AvgIpc) is 3.18. The van der Waals surface area contributed by atoms with Crippen molar-refractivity contribution in [3.63, 3.8) is 0 Å². The third-order valence-electron chi connectivity index (χ3n) is 9.41. The van der Waals surface area contributed by atoms with Crippen LogP contribution >= 0.6 is 0 Å². The second-order valence-corrected chi connectivity index (χ2v) is 12.3. The molecule has 7 aromatic carbocycles. The first-order chi connectivity index (χ1) is 23.8. The van der Waals surface area contributed by atoms with Crippen molar-refractivity contribution in [2.24, 2.45) is 0 Å². The number of benzene rings is 7. The molecule has 0 saturated heterocycles. The van der Waals surface area contributed by atoms with E-state index in [0.29, 0.717) is 0 Å². The second-order valence-electron chi connectivity index (χ2n) is 12.3. The Balaban J connectivity index is 1.19. The van der Waals surface area contributed by atoms with E-state index in [9.17, 15) is 0 Å². The highest BCUT2D eigenvalue weighted by Gasteiger charge is 2.14.